The number of hydrogen-bond donors (Lipinski definition) is 2. The van der Waals surface area contributed by atoms with E-state index in [-0.39, 0.29) is 24.7 Å². The maximum absolute atomic E-state index is 11.1. The van der Waals surface area contributed by atoms with Gasteiger partial charge in [0.15, 0.2) is 0 Å². The Kier molecular flexibility index (Phi) is 2.62. The average molecular weight is 185 g/mol. The van der Waals surface area contributed by atoms with Crippen molar-refractivity contribution in [1.29, 1.82) is 0 Å². The molecule has 0 saturated carbocycles. The zero-order valence-electron chi connectivity index (χ0n) is 7.24. The maximum Gasteiger partial charge on any atom is 0.256 e. The fraction of sp³-hybridized carbons (Fsp3) is 0.571. The van der Waals surface area contributed by atoms with Crippen molar-refractivity contribution in [2.45, 2.75) is 25.8 Å². The molecule has 0 radical (unpaired) electrons. The number of nitrogens with one attached hydrogen (secondary N) is 1. The number of likely N-dealkylation sites (tertiary alicyclic amines) is 1. The minimum absolute atomic E-state index is 0.182. The van der Waals surface area contributed by atoms with E-state index in [0.29, 0.717) is 0 Å². The van der Waals surface area contributed by atoms with Crippen LogP contribution in [0.15, 0.2) is 0 Å². The Morgan fingerprint density at radius 2 is 1.92 bits per heavy atom. The zero-order chi connectivity index (χ0) is 10.0. The molecule has 1 saturated heterocycles. The summed E-state index contributed by atoms with van der Waals surface area (Å²) in [7, 11) is 0. The minimum Gasteiger partial charge on any atom is -0.292 e. The van der Waals surface area contributed by atoms with Crippen LogP contribution in [-0.2, 0) is 14.4 Å². The van der Waals surface area contributed by atoms with Crippen molar-refractivity contribution in [1.82, 2.24) is 10.3 Å². The van der Waals surface area contributed by atoms with Crippen LogP contribution >= 0.6 is 0 Å². The van der Waals surface area contributed by atoms with E-state index < -0.39 is 11.9 Å². The first-order valence-corrected chi connectivity index (χ1v) is 3.93. The molecule has 1 aliphatic rings. The van der Waals surface area contributed by atoms with Crippen LogP contribution in [0.4, 0.5) is 0 Å². The van der Waals surface area contributed by atoms with Gasteiger partial charge in [0.05, 0.1) is 0 Å². The molecule has 3 amide bonds. The van der Waals surface area contributed by atoms with Gasteiger partial charge in [-0.05, 0) is 6.92 Å². The lowest BCUT2D eigenvalue weighted by Gasteiger charge is -2.20. The summed E-state index contributed by atoms with van der Waals surface area (Å²) >= 11 is 0. The highest BCUT2D eigenvalue weighted by atomic mass is 16.2. The molecular weight excluding hydrogens is 174 g/mol. The molecule has 72 valence electrons. The number of nitrogens with zero attached hydrogens (tertiary/aromatic N) is 1. The maximum atomic E-state index is 11.1. The summed E-state index contributed by atoms with van der Waals surface area (Å²) in [5, 5.41) is 0. The lowest BCUT2D eigenvalue weighted by Crippen LogP contribution is -2.49. The summed E-state index contributed by atoms with van der Waals surface area (Å²) < 4.78 is 0. The van der Waals surface area contributed by atoms with Crippen molar-refractivity contribution in [3.63, 3.8) is 0 Å². The van der Waals surface area contributed by atoms with Gasteiger partial charge in [0.2, 0.25) is 11.8 Å². The van der Waals surface area contributed by atoms with E-state index in [0.717, 1.165) is 4.90 Å². The highest BCUT2D eigenvalue weighted by Crippen LogP contribution is 2.14. The second-order valence-corrected chi connectivity index (χ2v) is 2.84. The Labute approximate surface area is 75.0 Å². The molecule has 1 unspecified atom stereocenters. The molecule has 6 nitrogen and oxygen atoms in total. The Bertz CT molecular complexity index is 248. The van der Waals surface area contributed by atoms with Crippen molar-refractivity contribution in [2.24, 2.45) is 5.84 Å². The second kappa shape index (κ2) is 3.53. The Balaban J connectivity index is 2.75. The summed E-state index contributed by atoms with van der Waals surface area (Å²) in [6.45, 7) is 1.46. The zero-order valence-corrected chi connectivity index (χ0v) is 7.24. The van der Waals surface area contributed by atoms with E-state index >= 15 is 0 Å². The molecule has 13 heavy (non-hydrogen) atoms. The monoisotopic (exact) mass is 185 g/mol. The summed E-state index contributed by atoms with van der Waals surface area (Å²) in [5.41, 5.74) is 1.90. The molecule has 1 fully saturated rings. The number of carbonyl (C=O) groups is 3. The van der Waals surface area contributed by atoms with Gasteiger partial charge >= 0.3 is 0 Å². The normalized spacial score (nSPS) is 19.1. The van der Waals surface area contributed by atoms with Crippen LogP contribution in [0, 0.1) is 0 Å². The van der Waals surface area contributed by atoms with Crippen LogP contribution < -0.4 is 11.3 Å². The first-order valence-electron chi connectivity index (χ1n) is 3.93. The molecule has 1 aliphatic heterocycles. The Morgan fingerprint density at radius 3 is 2.31 bits per heavy atom. The number of imide groups is 1. The van der Waals surface area contributed by atoms with Crippen molar-refractivity contribution in [3.8, 4) is 0 Å². The second-order valence-electron chi connectivity index (χ2n) is 2.84. The quantitative estimate of drug-likeness (QED) is 0.237. The lowest BCUT2D eigenvalue weighted by atomic mass is 10.3. The molecule has 0 aromatic rings. The van der Waals surface area contributed by atoms with E-state index in [4.69, 9.17) is 5.84 Å². The number of hydrogen-bond acceptors (Lipinski definition) is 4. The van der Waals surface area contributed by atoms with Crippen molar-refractivity contribution >= 4 is 17.7 Å². The van der Waals surface area contributed by atoms with Crippen LogP contribution in [0.3, 0.4) is 0 Å². The molecular formula is C7H11N3O3. The molecule has 0 bridgehead atoms. The van der Waals surface area contributed by atoms with Gasteiger partial charge in [-0.25, -0.2) is 5.84 Å². The summed E-state index contributed by atoms with van der Waals surface area (Å²) in [6, 6.07) is -0.813. The van der Waals surface area contributed by atoms with Gasteiger partial charge in [0, 0.05) is 12.8 Å². The third kappa shape index (κ3) is 1.67. The van der Waals surface area contributed by atoms with E-state index in [1.807, 2.05) is 5.43 Å². The smallest absolute Gasteiger partial charge is 0.256 e. The molecule has 3 N–H and O–H groups in total. The van der Waals surface area contributed by atoms with Gasteiger partial charge < -0.3 is 0 Å². The van der Waals surface area contributed by atoms with Gasteiger partial charge in [-0.1, -0.05) is 0 Å². The van der Waals surface area contributed by atoms with Crippen molar-refractivity contribution < 1.29 is 14.4 Å². The number of amides is 3. The van der Waals surface area contributed by atoms with Gasteiger partial charge in [0.25, 0.3) is 5.91 Å². The molecule has 0 aromatic heterocycles. The van der Waals surface area contributed by atoms with E-state index in [1.165, 1.54) is 6.92 Å². The van der Waals surface area contributed by atoms with Crippen molar-refractivity contribution in [3.05, 3.63) is 0 Å². The van der Waals surface area contributed by atoms with E-state index in [9.17, 15) is 14.4 Å². The van der Waals surface area contributed by atoms with Crippen molar-refractivity contribution in [2.75, 3.05) is 0 Å². The number of nitrogens with two attached hydrogens (primary N) is 1. The van der Waals surface area contributed by atoms with Crippen LogP contribution in [-0.4, -0.2) is 28.7 Å². The topological polar surface area (TPSA) is 92.5 Å². The third-order valence-corrected chi connectivity index (χ3v) is 2.00. The van der Waals surface area contributed by atoms with Gasteiger partial charge in [-0.2, -0.15) is 0 Å². The molecule has 1 atom stereocenters. The van der Waals surface area contributed by atoms with Gasteiger partial charge in [-0.3, -0.25) is 24.7 Å². The molecule has 0 aliphatic carbocycles. The summed E-state index contributed by atoms with van der Waals surface area (Å²) in [5.74, 6) is 3.71. The SMILES string of the molecule is CC(C(=O)NN)N1C(=O)CCC1=O. The molecule has 1 rings (SSSR count). The first-order chi connectivity index (χ1) is 6.07. The summed E-state index contributed by atoms with van der Waals surface area (Å²) in [6.07, 6.45) is 0.363. The predicted octanol–water partition coefficient (Wildman–Crippen LogP) is -1.49. The van der Waals surface area contributed by atoms with E-state index in [2.05, 4.69) is 0 Å². The fourth-order valence-corrected chi connectivity index (χ4v) is 1.26. The van der Waals surface area contributed by atoms with Crippen LogP contribution in [0.2, 0.25) is 0 Å². The van der Waals surface area contributed by atoms with E-state index in [1.54, 1.807) is 0 Å². The van der Waals surface area contributed by atoms with Gasteiger partial charge in [-0.15, -0.1) is 0 Å². The number of carbonyl (C=O) groups excluding carboxylic acids is 3. The predicted molar refractivity (Wildman–Crippen MR) is 42.9 cm³/mol. The standard InChI is InChI=1S/C7H11N3O3/c1-4(7(13)9-8)10-5(11)2-3-6(10)12/h4H,2-3,8H2,1H3,(H,9,13). The third-order valence-electron chi connectivity index (χ3n) is 2.00. The highest BCUT2D eigenvalue weighted by molar-refractivity contribution is 6.05. The highest BCUT2D eigenvalue weighted by Gasteiger charge is 2.35. The van der Waals surface area contributed by atoms with Crippen LogP contribution in [0.5, 0.6) is 0 Å². The molecule has 0 aromatic carbocycles. The van der Waals surface area contributed by atoms with Gasteiger partial charge in [0.1, 0.15) is 6.04 Å². The molecule has 0 spiro atoms. The van der Waals surface area contributed by atoms with Crippen LogP contribution in [0.25, 0.3) is 0 Å². The largest absolute Gasteiger partial charge is 0.292 e. The average Bonchev–Trinajstić information content (AvgIpc) is 2.44. The minimum atomic E-state index is -0.813. The Hall–Kier alpha value is -1.43. The number of hydrazine groups is 1. The lowest BCUT2D eigenvalue weighted by molar-refractivity contribution is -0.146. The number of rotatable bonds is 2. The Morgan fingerprint density at radius 1 is 1.46 bits per heavy atom. The molecule has 1 heterocycles. The first kappa shape index (κ1) is 9.66. The fourth-order valence-electron chi connectivity index (χ4n) is 1.26. The summed E-state index contributed by atoms with van der Waals surface area (Å²) in [4.78, 5) is 34.2. The molecule has 6 heteroatoms. The van der Waals surface area contributed by atoms with Crippen LogP contribution in [0.1, 0.15) is 19.8 Å².